The Labute approximate surface area is 76.9 Å². The third kappa shape index (κ3) is 1.19. The van der Waals surface area contributed by atoms with Crippen molar-refractivity contribution in [2.45, 2.75) is 6.18 Å². The molecule has 2 aromatic rings. The van der Waals surface area contributed by atoms with Crippen LogP contribution in [0.25, 0.3) is 11.0 Å². The summed E-state index contributed by atoms with van der Waals surface area (Å²) in [6, 6.07) is 2.78. The van der Waals surface area contributed by atoms with E-state index in [-0.39, 0.29) is 11.0 Å². The van der Waals surface area contributed by atoms with Crippen LogP contribution < -0.4 is 5.84 Å². The van der Waals surface area contributed by atoms with Gasteiger partial charge in [0.25, 0.3) is 0 Å². The highest BCUT2D eigenvalue weighted by molar-refractivity contribution is 5.80. The van der Waals surface area contributed by atoms with Crippen molar-refractivity contribution in [3.63, 3.8) is 0 Å². The topological polar surface area (TPSA) is 43.8 Å². The van der Waals surface area contributed by atoms with E-state index in [0.29, 0.717) is 0 Å². The SMILES string of the molecule is Nn1cc(C(F)(F)F)c2cccnc21. The van der Waals surface area contributed by atoms with Gasteiger partial charge in [0.1, 0.15) is 0 Å². The molecule has 0 saturated heterocycles. The van der Waals surface area contributed by atoms with Gasteiger partial charge in [-0.05, 0) is 12.1 Å². The molecule has 2 aromatic heterocycles. The Kier molecular flexibility index (Phi) is 1.67. The summed E-state index contributed by atoms with van der Waals surface area (Å²) in [7, 11) is 0. The van der Waals surface area contributed by atoms with Crippen molar-refractivity contribution in [1.29, 1.82) is 0 Å². The van der Waals surface area contributed by atoms with Crippen LogP contribution in [0.15, 0.2) is 24.5 Å². The normalized spacial score (nSPS) is 12.2. The highest BCUT2D eigenvalue weighted by Gasteiger charge is 2.34. The van der Waals surface area contributed by atoms with Crippen molar-refractivity contribution in [3.8, 4) is 0 Å². The highest BCUT2D eigenvalue weighted by Crippen LogP contribution is 2.34. The molecule has 0 aliphatic heterocycles. The number of hydrogen-bond donors (Lipinski definition) is 1. The number of nitrogen functional groups attached to an aromatic ring is 1. The number of aromatic nitrogens is 2. The van der Waals surface area contributed by atoms with Crippen molar-refractivity contribution in [1.82, 2.24) is 9.66 Å². The molecule has 2 heterocycles. The van der Waals surface area contributed by atoms with E-state index < -0.39 is 11.7 Å². The number of halogens is 3. The zero-order chi connectivity index (χ0) is 10.3. The van der Waals surface area contributed by atoms with Gasteiger partial charge in [0.2, 0.25) is 0 Å². The average Bonchev–Trinajstić information content (AvgIpc) is 2.44. The molecular weight excluding hydrogens is 195 g/mol. The quantitative estimate of drug-likeness (QED) is 0.660. The molecule has 2 rings (SSSR count). The van der Waals surface area contributed by atoms with Crippen molar-refractivity contribution in [3.05, 3.63) is 30.1 Å². The number of hydrogen-bond acceptors (Lipinski definition) is 2. The monoisotopic (exact) mass is 201 g/mol. The third-order valence-electron chi connectivity index (χ3n) is 1.90. The second-order valence-corrected chi connectivity index (χ2v) is 2.82. The van der Waals surface area contributed by atoms with Crippen molar-refractivity contribution >= 4 is 11.0 Å². The van der Waals surface area contributed by atoms with Crippen molar-refractivity contribution in [2.75, 3.05) is 5.84 Å². The van der Waals surface area contributed by atoms with Crippen LogP contribution in [0.5, 0.6) is 0 Å². The van der Waals surface area contributed by atoms with E-state index in [1.165, 1.54) is 18.3 Å². The zero-order valence-electron chi connectivity index (χ0n) is 6.92. The van der Waals surface area contributed by atoms with E-state index in [2.05, 4.69) is 4.98 Å². The molecule has 0 amide bonds. The Bertz CT molecular complexity index is 472. The molecule has 0 aromatic carbocycles. The molecule has 6 heteroatoms. The maximum Gasteiger partial charge on any atom is 0.418 e. The van der Waals surface area contributed by atoms with Crippen LogP contribution in [0.1, 0.15) is 5.56 Å². The van der Waals surface area contributed by atoms with E-state index >= 15 is 0 Å². The molecule has 74 valence electrons. The first-order valence-corrected chi connectivity index (χ1v) is 3.78. The number of pyridine rings is 1. The molecule has 0 fully saturated rings. The fourth-order valence-electron chi connectivity index (χ4n) is 1.31. The summed E-state index contributed by atoms with van der Waals surface area (Å²) in [4.78, 5) is 3.75. The molecule has 3 nitrogen and oxygen atoms in total. The molecule has 0 saturated carbocycles. The molecule has 0 spiro atoms. The molecule has 14 heavy (non-hydrogen) atoms. The molecule has 0 aliphatic carbocycles. The van der Waals surface area contributed by atoms with Crippen LogP contribution in [-0.2, 0) is 6.18 Å². The standard InChI is InChI=1S/C8H6F3N3/c9-8(10,11)6-4-14(12)7-5(6)2-1-3-13-7/h1-4H,12H2. The molecule has 0 atom stereocenters. The Balaban J connectivity index is 2.80. The molecule has 0 bridgehead atoms. The Morgan fingerprint density at radius 1 is 1.36 bits per heavy atom. The van der Waals surface area contributed by atoms with E-state index in [4.69, 9.17) is 5.84 Å². The summed E-state index contributed by atoms with van der Waals surface area (Å²) >= 11 is 0. The Morgan fingerprint density at radius 3 is 2.71 bits per heavy atom. The summed E-state index contributed by atoms with van der Waals surface area (Å²) < 4.78 is 38.2. The lowest BCUT2D eigenvalue weighted by Crippen LogP contribution is -2.07. The van der Waals surface area contributed by atoms with Gasteiger partial charge in [-0.1, -0.05) is 0 Å². The van der Waals surface area contributed by atoms with Crippen LogP contribution in [0.4, 0.5) is 13.2 Å². The van der Waals surface area contributed by atoms with E-state index in [9.17, 15) is 13.2 Å². The minimum absolute atomic E-state index is 0.0162. The molecule has 0 aliphatic rings. The van der Waals surface area contributed by atoms with E-state index in [1.54, 1.807) is 0 Å². The summed E-state index contributed by atoms with van der Waals surface area (Å²) in [5, 5.41) is 0.0162. The van der Waals surface area contributed by atoms with Crippen molar-refractivity contribution < 1.29 is 13.2 Å². The minimum Gasteiger partial charge on any atom is -0.338 e. The molecular formula is C8H6F3N3. The molecule has 2 N–H and O–H groups in total. The van der Waals surface area contributed by atoms with Crippen LogP contribution in [0, 0.1) is 0 Å². The second kappa shape index (κ2) is 2.63. The first-order chi connectivity index (χ1) is 6.50. The second-order valence-electron chi connectivity index (χ2n) is 2.82. The fourth-order valence-corrected chi connectivity index (χ4v) is 1.31. The van der Waals surface area contributed by atoms with Crippen LogP contribution in [0.3, 0.4) is 0 Å². The van der Waals surface area contributed by atoms with Gasteiger partial charge in [-0.25, -0.2) is 4.98 Å². The fraction of sp³-hybridized carbons (Fsp3) is 0.125. The van der Waals surface area contributed by atoms with Gasteiger partial charge in [0.15, 0.2) is 5.65 Å². The van der Waals surface area contributed by atoms with Gasteiger partial charge >= 0.3 is 6.18 Å². The smallest absolute Gasteiger partial charge is 0.338 e. The van der Waals surface area contributed by atoms with Crippen LogP contribution >= 0.6 is 0 Å². The largest absolute Gasteiger partial charge is 0.418 e. The van der Waals surface area contributed by atoms with Gasteiger partial charge < -0.3 is 5.84 Å². The number of nitrogens with two attached hydrogens (primary N) is 1. The third-order valence-corrected chi connectivity index (χ3v) is 1.90. The maximum atomic E-state index is 12.4. The summed E-state index contributed by atoms with van der Waals surface area (Å²) in [5.41, 5.74) is -0.636. The van der Waals surface area contributed by atoms with E-state index in [0.717, 1.165) is 10.9 Å². The lowest BCUT2D eigenvalue weighted by atomic mass is 10.2. The predicted molar refractivity (Wildman–Crippen MR) is 44.9 cm³/mol. The predicted octanol–water partition coefficient (Wildman–Crippen LogP) is 1.77. The summed E-state index contributed by atoms with van der Waals surface area (Å²) in [5.74, 6) is 5.33. The lowest BCUT2D eigenvalue weighted by Gasteiger charge is -2.02. The van der Waals surface area contributed by atoms with Gasteiger partial charge in [-0.3, -0.25) is 4.68 Å². The number of alkyl halides is 3. The Hall–Kier alpha value is -1.72. The maximum absolute atomic E-state index is 12.4. The van der Waals surface area contributed by atoms with Gasteiger partial charge in [0, 0.05) is 17.8 Å². The zero-order valence-corrected chi connectivity index (χ0v) is 6.92. The van der Waals surface area contributed by atoms with Crippen molar-refractivity contribution in [2.24, 2.45) is 0 Å². The van der Waals surface area contributed by atoms with Crippen LogP contribution in [0.2, 0.25) is 0 Å². The highest BCUT2D eigenvalue weighted by atomic mass is 19.4. The molecule has 0 unspecified atom stereocenters. The number of rotatable bonds is 0. The molecule has 0 radical (unpaired) electrons. The minimum atomic E-state index is -4.40. The number of fused-ring (bicyclic) bond motifs is 1. The Morgan fingerprint density at radius 2 is 2.07 bits per heavy atom. The van der Waals surface area contributed by atoms with Gasteiger partial charge in [-0.15, -0.1) is 0 Å². The lowest BCUT2D eigenvalue weighted by molar-refractivity contribution is -0.136. The van der Waals surface area contributed by atoms with Gasteiger partial charge in [0.05, 0.1) is 5.56 Å². The first-order valence-electron chi connectivity index (χ1n) is 3.78. The first kappa shape index (κ1) is 8.86. The van der Waals surface area contributed by atoms with Crippen LogP contribution in [-0.4, -0.2) is 9.66 Å². The van der Waals surface area contributed by atoms with E-state index in [1.807, 2.05) is 0 Å². The summed E-state index contributed by atoms with van der Waals surface area (Å²) in [6.07, 6.45) is -2.17. The van der Waals surface area contributed by atoms with Gasteiger partial charge in [-0.2, -0.15) is 13.2 Å². The average molecular weight is 201 g/mol. The summed E-state index contributed by atoms with van der Waals surface area (Å²) in [6.45, 7) is 0. The number of nitrogens with zero attached hydrogens (tertiary/aromatic N) is 2.